The molecule has 0 aliphatic carbocycles. The Morgan fingerprint density at radius 1 is 1.44 bits per heavy atom. The predicted molar refractivity (Wildman–Crippen MR) is 72.2 cm³/mol. The Bertz CT molecular complexity index is 190. The van der Waals surface area contributed by atoms with Crippen molar-refractivity contribution in [2.45, 2.75) is 31.9 Å². The molecule has 1 aliphatic rings. The van der Waals surface area contributed by atoms with Crippen molar-refractivity contribution < 1.29 is 5.11 Å². The molecule has 0 aromatic carbocycles. The van der Waals surface area contributed by atoms with E-state index in [-0.39, 0.29) is 6.10 Å². The number of hydrogen-bond donors (Lipinski definition) is 1. The third kappa shape index (κ3) is 5.04. The second-order valence-corrected chi connectivity index (χ2v) is 6.24. The van der Waals surface area contributed by atoms with Crippen molar-refractivity contribution in [1.29, 1.82) is 0 Å². The largest absolute Gasteiger partial charge is 0.392 e. The van der Waals surface area contributed by atoms with Gasteiger partial charge in [-0.25, -0.2) is 0 Å². The summed E-state index contributed by atoms with van der Waals surface area (Å²) >= 11 is 2.01. The van der Waals surface area contributed by atoms with E-state index in [1.165, 1.54) is 17.9 Å². The highest BCUT2D eigenvalue weighted by molar-refractivity contribution is 7.99. The zero-order valence-electron chi connectivity index (χ0n) is 10.9. The number of nitrogens with zero attached hydrogens (tertiary/aromatic N) is 2. The summed E-state index contributed by atoms with van der Waals surface area (Å²) in [7, 11) is 4.21. The Hall–Kier alpha value is 0.230. The summed E-state index contributed by atoms with van der Waals surface area (Å²) in [4.78, 5) is 4.68. The average Bonchev–Trinajstić information content (AvgIpc) is 2.53. The Morgan fingerprint density at radius 3 is 2.81 bits per heavy atom. The molecule has 0 radical (unpaired) electrons. The highest BCUT2D eigenvalue weighted by Crippen LogP contribution is 2.19. The van der Waals surface area contributed by atoms with Crippen LogP contribution in [0.15, 0.2) is 0 Å². The molecule has 0 aromatic heterocycles. The molecule has 96 valence electrons. The summed E-state index contributed by atoms with van der Waals surface area (Å²) < 4.78 is 0. The second-order valence-electron chi connectivity index (χ2n) is 4.85. The van der Waals surface area contributed by atoms with Gasteiger partial charge in [0.15, 0.2) is 0 Å². The van der Waals surface area contributed by atoms with Gasteiger partial charge >= 0.3 is 0 Å². The van der Waals surface area contributed by atoms with Gasteiger partial charge in [0.25, 0.3) is 0 Å². The van der Waals surface area contributed by atoms with E-state index in [9.17, 15) is 5.11 Å². The zero-order valence-corrected chi connectivity index (χ0v) is 11.7. The molecule has 2 unspecified atom stereocenters. The smallest absolute Gasteiger partial charge is 0.0682 e. The molecule has 0 saturated carbocycles. The Balaban J connectivity index is 2.26. The maximum Gasteiger partial charge on any atom is 0.0682 e. The van der Waals surface area contributed by atoms with Crippen molar-refractivity contribution in [3.05, 3.63) is 0 Å². The van der Waals surface area contributed by atoms with E-state index in [4.69, 9.17) is 0 Å². The van der Waals surface area contributed by atoms with Gasteiger partial charge in [0.1, 0.15) is 0 Å². The maximum absolute atomic E-state index is 9.72. The van der Waals surface area contributed by atoms with Gasteiger partial charge in [0.05, 0.1) is 6.10 Å². The van der Waals surface area contributed by atoms with Gasteiger partial charge in [-0.3, -0.25) is 4.90 Å². The highest BCUT2D eigenvalue weighted by atomic mass is 32.2. The summed E-state index contributed by atoms with van der Waals surface area (Å²) in [6.45, 7) is 5.29. The van der Waals surface area contributed by atoms with Gasteiger partial charge in [-0.2, -0.15) is 11.8 Å². The number of rotatable bonds is 7. The SMILES string of the molecule is CCSCCCN1CC(O)CC1CN(C)C. The Morgan fingerprint density at radius 2 is 2.19 bits per heavy atom. The molecular weight excluding hydrogens is 220 g/mol. The molecule has 0 spiro atoms. The first-order valence-corrected chi connectivity index (χ1v) is 7.43. The molecule has 1 rings (SSSR count). The molecule has 0 aromatic rings. The van der Waals surface area contributed by atoms with Crippen LogP contribution in [0.3, 0.4) is 0 Å². The third-order valence-electron chi connectivity index (χ3n) is 3.02. The lowest BCUT2D eigenvalue weighted by molar-refractivity contribution is 0.173. The lowest BCUT2D eigenvalue weighted by Gasteiger charge is -2.26. The van der Waals surface area contributed by atoms with Crippen molar-refractivity contribution in [2.24, 2.45) is 0 Å². The minimum atomic E-state index is -0.108. The normalized spacial score (nSPS) is 26.8. The van der Waals surface area contributed by atoms with E-state index in [2.05, 4.69) is 30.8 Å². The summed E-state index contributed by atoms with van der Waals surface area (Å²) in [5, 5.41) is 9.72. The number of thioether (sulfide) groups is 1. The van der Waals surface area contributed by atoms with Crippen LogP contribution in [0.1, 0.15) is 19.8 Å². The van der Waals surface area contributed by atoms with Crippen LogP contribution in [0.2, 0.25) is 0 Å². The van der Waals surface area contributed by atoms with Gasteiger partial charge in [0.2, 0.25) is 0 Å². The lowest BCUT2D eigenvalue weighted by Crippen LogP contribution is -2.38. The van der Waals surface area contributed by atoms with Crippen LogP contribution in [-0.2, 0) is 0 Å². The monoisotopic (exact) mass is 246 g/mol. The molecule has 1 heterocycles. The summed E-state index contributed by atoms with van der Waals surface area (Å²) in [5.74, 6) is 2.46. The van der Waals surface area contributed by atoms with Crippen LogP contribution < -0.4 is 0 Å². The average molecular weight is 246 g/mol. The molecule has 1 aliphatic heterocycles. The van der Waals surface area contributed by atoms with E-state index in [0.29, 0.717) is 6.04 Å². The van der Waals surface area contributed by atoms with Crippen molar-refractivity contribution >= 4 is 11.8 Å². The number of hydrogen-bond acceptors (Lipinski definition) is 4. The number of aliphatic hydroxyl groups excluding tert-OH is 1. The molecule has 1 saturated heterocycles. The minimum Gasteiger partial charge on any atom is -0.392 e. The second kappa shape index (κ2) is 7.54. The Kier molecular flexibility index (Phi) is 6.73. The lowest BCUT2D eigenvalue weighted by atomic mass is 10.2. The summed E-state index contributed by atoms with van der Waals surface area (Å²) in [5.41, 5.74) is 0. The molecule has 4 heteroatoms. The van der Waals surface area contributed by atoms with E-state index < -0.39 is 0 Å². The molecule has 2 atom stereocenters. The summed E-state index contributed by atoms with van der Waals surface area (Å²) in [6, 6.07) is 0.552. The van der Waals surface area contributed by atoms with Crippen LogP contribution in [0.25, 0.3) is 0 Å². The predicted octanol–water partition coefficient (Wildman–Crippen LogP) is 1.13. The topological polar surface area (TPSA) is 26.7 Å². The fourth-order valence-electron chi connectivity index (χ4n) is 2.36. The maximum atomic E-state index is 9.72. The summed E-state index contributed by atoms with van der Waals surface area (Å²) in [6.07, 6.45) is 2.08. The van der Waals surface area contributed by atoms with Crippen LogP contribution in [-0.4, -0.2) is 72.3 Å². The molecule has 0 amide bonds. The van der Waals surface area contributed by atoms with Crippen LogP contribution in [0.4, 0.5) is 0 Å². The molecular formula is C12H26N2OS. The number of likely N-dealkylation sites (N-methyl/N-ethyl adjacent to an activating group) is 1. The fourth-order valence-corrected chi connectivity index (χ4v) is 2.98. The highest BCUT2D eigenvalue weighted by Gasteiger charge is 2.30. The first-order valence-electron chi connectivity index (χ1n) is 6.28. The third-order valence-corrected chi connectivity index (χ3v) is 4.01. The van der Waals surface area contributed by atoms with Gasteiger partial charge in [-0.1, -0.05) is 6.92 Å². The van der Waals surface area contributed by atoms with Gasteiger partial charge < -0.3 is 10.0 Å². The minimum absolute atomic E-state index is 0.108. The number of β-amino-alcohol motifs (C(OH)–C–C–N with tert-alkyl or cyclic N) is 1. The molecule has 1 fully saturated rings. The van der Waals surface area contributed by atoms with Crippen LogP contribution in [0.5, 0.6) is 0 Å². The molecule has 1 N–H and O–H groups in total. The van der Waals surface area contributed by atoms with E-state index in [1.807, 2.05) is 11.8 Å². The van der Waals surface area contributed by atoms with Crippen molar-refractivity contribution in [3.63, 3.8) is 0 Å². The van der Waals surface area contributed by atoms with Crippen molar-refractivity contribution in [2.75, 3.05) is 45.2 Å². The van der Waals surface area contributed by atoms with Crippen LogP contribution >= 0.6 is 11.8 Å². The number of aliphatic hydroxyl groups is 1. The van der Waals surface area contributed by atoms with Gasteiger partial charge in [0, 0.05) is 19.1 Å². The fraction of sp³-hybridized carbons (Fsp3) is 1.00. The van der Waals surface area contributed by atoms with E-state index in [1.54, 1.807) is 0 Å². The van der Waals surface area contributed by atoms with Crippen molar-refractivity contribution in [1.82, 2.24) is 9.80 Å². The zero-order chi connectivity index (χ0) is 12.0. The molecule has 16 heavy (non-hydrogen) atoms. The Labute approximate surface area is 104 Å². The quantitative estimate of drug-likeness (QED) is 0.681. The first kappa shape index (κ1) is 14.3. The van der Waals surface area contributed by atoms with Crippen molar-refractivity contribution in [3.8, 4) is 0 Å². The van der Waals surface area contributed by atoms with Gasteiger partial charge in [-0.05, 0) is 45.0 Å². The standard InChI is InChI=1S/C12H26N2OS/c1-4-16-7-5-6-14-10-12(15)8-11(14)9-13(2)3/h11-12,15H,4-10H2,1-3H3. The van der Waals surface area contributed by atoms with Crippen LogP contribution in [0, 0.1) is 0 Å². The van der Waals surface area contributed by atoms with Gasteiger partial charge in [-0.15, -0.1) is 0 Å². The van der Waals surface area contributed by atoms with E-state index >= 15 is 0 Å². The molecule has 0 bridgehead atoms. The number of likely N-dealkylation sites (tertiary alicyclic amines) is 1. The van der Waals surface area contributed by atoms with E-state index in [0.717, 1.165) is 26.1 Å². The molecule has 3 nitrogen and oxygen atoms in total. The first-order chi connectivity index (χ1) is 7.63.